The molecule has 1 aliphatic heterocycles. The second-order valence-corrected chi connectivity index (χ2v) is 3.09. The Bertz CT molecular complexity index is 213. The smallest absolute Gasteiger partial charge is 0.314 e. The minimum Gasteiger partial charge on any atom is -0.371 e. The molecular formula is C7H13N3O3. The Morgan fingerprint density at radius 2 is 2.00 bits per heavy atom. The highest BCUT2D eigenvalue weighted by molar-refractivity contribution is 5.75. The molecule has 0 saturated carbocycles. The first-order chi connectivity index (χ1) is 6.09. The monoisotopic (exact) mass is 187 g/mol. The van der Waals surface area contributed by atoms with Crippen molar-refractivity contribution in [1.29, 1.82) is 0 Å². The van der Waals surface area contributed by atoms with E-state index in [1.165, 1.54) is 4.90 Å². The molecule has 6 heteroatoms. The Morgan fingerprint density at radius 3 is 2.46 bits per heavy atom. The fourth-order valence-electron chi connectivity index (χ4n) is 1.18. The van der Waals surface area contributed by atoms with Crippen LogP contribution < -0.4 is 11.5 Å². The number of nitrogens with two attached hydrogens (primary N) is 2. The van der Waals surface area contributed by atoms with Crippen LogP contribution in [0.5, 0.6) is 0 Å². The van der Waals surface area contributed by atoms with E-state index in [4.69, 9.17) is 16.2 Å². The molecule has 1 aliphatic rings. The van der Waals surface area contributed by atoms with Crippen LogP contribution in [0.1, 0.15) is 0 Å². The molecule has 3 amide bonds. The predicted molar refractivity (Wildman–Crippen MR) is 44.7 cm³/mol. The highest BCUT2D eigenvalue weighted by Gasteiger charge is 2.29. The summed E-state index contributed by atoms with van der Waals surface area (Å²) in [7, 11) is 0. The number of rotatable bonds is 4. The normalized spacial score (nSPS) is 16.8. The summed E-state index contributed by atoms with van der Waals surface area (Å²) in [6, 6.07) is -0.411. The van der Waals surface area contributed by atoms with E-state index in [2.05, 4.69) is 0 Å². The van der Waals surface area contributed by atoms with E-state index in [9.17, 15) is 9.59 Å². The number of carbonyl (C=O) groups is 2. The maximum atomic E-state index is 10.5. The third kappa shape index (κ3) is 2.90. The molecule has 1 saturated heterocycles. The van der Waals surface area contributed by atoms with Crippen molar-refractivity contribution in [3.05, 3.63) is 0 Å². The van der Waals surface area contributed by atoms with Crippen LogP contribution >= 0.6 is 0 Å². The van der Waals surface area contributed by atoms with Gasteiger partial charge in [-0.25, -0.2) is 4.79 Å². The first kappa shape index (κ1) is 9.79. The van der Waals surface area contributed by atoms with E-state index in [-0.39, 0.29) is 12.5 Å². The summed E-state index contributed by atoms with van der Waals surface area (Å²) < 4.78 is 4.97. The van der Waals surface area contributed by atoms with Gasteiger partial charge in [0.25, 0.3) is 0 Å². The van der Waals surface area contributed by atoms with Crippen LogP contribution in [0.25, 0.3) is 0 Å². The zero-order valence-corrected chi connectivity index (χ0v) is 7.23. The fraction of sp³-hybridized carbons (Fsp3) is 0.714. The zero-order valence-electron chi connectivity index (χ0n) is 7.23. The van der Waals surface area contributed by atoms with E-state index < -0.39 is 11.9 Å². The van der Waals surface area contributed by atoms with Crippen LogP contribution in [0.2, 0.25) is 0 Å². The second kappa shape index (κ2) is 4.08. The van der Waals surface area contributed by atoms with Crippen LogP contribution in [0.3, 0.4) is 0 Å². The van der Waals surface area contributed by atoms with Crippen molar-refractivity contribution in [3.63, 3.8) is 0 Å². The first-order valence-electron chi connectivity index (χ1n) is 4.00. The average molecular weight is 187 g/mol. The van der Waals surface area contributed by atoms with Crippen molar-refractivity contribution in [3.8, 4) is 0 Å². The van der Waals surface area contributed by atoms with E-state index in [1.54, 1.807) is 0 Å². The van der Waals surface area contributed by atoms with E-state index in [0.717, 1.165) is 0 Å². The molecule has 0 bridgehead atoms. The molecule has 1 heterocycles. The van der Waals surface area contributed by atoms with E-state index in [0.29, 0.717) is 19.7 Å². The van der Waals surface area contributed by atoms with Gasteiger partial charge in [-0.15, -0.1) is 0 Å². The van der Waals surface area contributed by atoms with Crippen molar-refractivity contribution in [2.75, 3.05) is 26.3 Å². The molecular weight excluding hydrogens is 174 g/mol. The number of primary amides is 2. The Labute approximate surface area is 75.8 Å². The van der Waals surface area contributed by atoms with Crippen LogP contribution in [0.4, 0.5) is 4.79 Å². The van der Waals surface area contributed by atoms with Gasteiger partial charge in [0.2, 0.25) is 5.91 Å². The van der Waals surface area contributed by atoms with E-state index in [1.807, 2.05) is 0 Å². The minimum absolute atomic E-state index is 0.0624. The van der Waals surface area contributed by atoms with Gasteiger partial charge in [0.15, 0.2) is 0 Å². The van der Waals surface area contributed by atoms with Crippen LogP contribution in [-0.2, 0) is 9.53 Å². The molecule has 1 fully saturated rings. The lowest BCUT2D eigenvalue weighted by atomic mass is 10.0. The maximum absolute atomic E-state index is 10.5. The predicted octanol–water partition coefficient (Wildman–Crippen LogP) is -1.50. The lowest BCUT2D eigenvalue weighted by Gasteiger charge is -2.37. The van der Waals surface area contributed by atoms with Gasteiger partial charge in [0.05, 0.1) is 6.61 Å². The maximum Gasteiger partial charge on any atom is 0.314 e. The van der Waals surface area contributed by atoms with Gasteiger partial charge in [-0.3, -0.25) is 4.79 Å². The Kier molecular flexibility index (Phi) is 3.07. The molecule has 4 N–H and O–H groups in total. The second-order valence-electron chi connectivity index (χ2n) is 3.09. The summed E-state index contributed by atoms with van der Waals surface area (Å²) in [5.41, 5.74) is 9.87. The van der Waals surface area contributed by atoms with Gasteiger partial charge in [0.1, 0.15) is 6.61 Å². The topological polar surface area (TPSA) is 98.7 Å². The highest BCUT2D eigenvalue weighted by atomic mass is 16.5. The number of urea groups is 1. The summed E-state index contributed by atoms with van der Waals surface area (Å²) in [5.74, 6) is -0.196. The largest absolute Gasteiger partial charge is 0.371 e. The quantitative estimate of drug-likeness (QED) is 0.560. The van der Waals surface area contributed by atoms with Crippen molar-refractivity contribution >= 4 is 11.9 Å². The minimum atomic E-state index is -0.480. The lowest BCUT2D eigenvalue weighted by molar-refractivity contribution is -0.123. The summed E-state index contributed by atoms with van der Waals surface area (Å²) in [6.45, 7) is 1.60. The molecule has 0 radical (unpaired) electrons. The third-order valence-corrected chi connectivity index (χ3v) is 1.87. The molecule has 0 aromatic rings. The van der Waals surface area contributed by atoms with Gasteiger partial charge in [-0.05, 0) is 0 Å². The van der Waals surface area contributed by atoms with Gasteiger partial charge in [0, 0.05) is 19.0 Å². The Hall–Kier alpha value is -1.30. The van der Waals surface area contributed by atoms with Crippen molar-refractivity contribution in [2.45, 2.75) is 0 Å². The molecule has 0 spiro atoms. The summed E-state index contributed by atoms with van der Waals surface area (Å²) >= 11 is 0. The van der Waals surface area contributed by atoms with Gasteiger partial charge < -0.3 is 21.1 Å². The summed E-state index contributed by atoms with van der Waals surface area (Å²) in [4.78, 5) is 22.3. The van der Waals surface area contributed by atoms with Crippen LogP contribution in [0, 0.1) is 5.92 Å². The lowest BCUT2D eigenvalue weighted by Crippen LogP contribution is -2.53. The number of nitrogens with zero attached hydrogens (tertiary/aromatic N) is 1. The molecule has 0 aliphatic carbocycles. The number of ether oxygens (including phenoxy) is 1. The molecule has 0 atom stereocenters. The SMILES string of the molecule is NC(=O)COCC1CN(C(N)=O)C1. The highest BCUT2D eigenvalue weighted by Crippen LogP contribution is 2.14. The first-order valence-corrected chi connectivity index (χ1v) is 4.00. The van der Waals surface area contributed by atoms with Gasteiger partial charge in [-0.2, -0.15) is 0 Å². The fourth-order valence-corrected chi connectivity index (χ4v) is 1.18. The molecule has 1 rings (SSSR count). The number of hydrogen-bond acceptors (Lipinski definition) is 3. The number of amides is 3. The average Bonchev–Trinajstić information content (AvgIpc) is 1.92. The standard InChI is InChI=1S/C7H13N3O3/c8-6(11)4-13-3-5-1-10(2-5)7(9)12/h5H,1-4H2,(H2,8,11)(H2,9,12). The molecule has 13 heavy (non-hydrogen) atoms. The number of likely N-dealkylation sites (tertiary alicyclic amines) is 1. The van der Waals surface area contributed by atoms with Crippen molar-refractivity contribution in [1.82, 2.24) is 4.90 Å². The van der Waals surface area contributed by atoms with Crippen molar-refractivity contribution in [2.24, 2.45) is 17.4 Å². The molecule has 0 unspecified atom stereocenters. The number of carbonyl (C=O) groups excluding carboxylic acids is 2. The zero-order chi connectivity index (χ0) is 9.84. The van der Waals surface area contributed by atoms with Gasteiger partial charge in [-0.1, -0.05) is 0 Å². The Morgan fingerprint density at radius 1 is 1.38 bits per heavy atom. The van der Waals surface area contributed by atoms with Crippen LogP contribution in [0.15, 0.2) is 0 Å². The molecule has 6 nitrogen and oxygen atoms in total. The molecule has 0 aromatic carbocycles. The van der Waals surface area contributed by atoms with E-state index >= 15 is 0 Å². The third-order valence-electron chi connectivity index (χ3n) is 1.87. The summed E-state index contributed by atoms with van der Waals surface area (Å²) in [6.07, 6.45) is 0. The molecule has 0 aromatic heterocycles. The van der Waals surface area contributed by atoms with Gasteiger partial charge >= 0.3 is 6.03 Å². The molecule has 74 valence electrons. The Balaban J connectivity index is 2.02. The van der Waals surface area contributed by atoms with Crippen molar-refractivity contribution < 1.29 is 14.3 Å². The number of hydrogen-bond donors (Lipinski definition) is 2. The summed E-state index contributed by atoms with van der Waals surface area (Å²) in [5, 5.41) is 0. The van der Waals surface area contributed by atoms with Crippen LogP contribution in [-0.4, -0.2) is 43.1 Å².